The molecular weight excluding hydrogens is 124 g/mol. The lowest BCUT2D eigenvalue weighted by Gasteiger charge is -1.95. The van der Waals surface area contributed by atoms with E-state index < -0.39 is 5.56 Å². The lowest BCUT2D eigenvalue weighted by Crippen LogP contribution is -1.91. The van der Waals surface area contributed by atoms with Crippen molar-refractivity contribution in [1.82, 2.24) is 0 Å². The molecule has 0 aromatic rings. The zero-order chi connectivity index (χ0) is 6.41. The van der Waals surface area contributed by atoms with Gasteiger partial charge in [-0.1, -0.05) is 31.4 Å². The Bertz CT molecular complexity index is 45.8. The minimum Gasteiger partial charge on any atom is -0.216 e. The average Bonchev–Trinajstić information content (AvgIpc) is 1.66. The summed E-state index contributed by atoms with van der Waals surface area (Å²) in [6, 6.07) is 0. The zero-order valence-corrected chi connectivity index (χ0v) is 5.95. The molecule has 0 heterocycles. The van der Waals surface area contributed by atoms with Crippen LogP contribution in [0.1, 0.15) is 32.6 Å². The molecule has 0 bridgehead atoms. The van der Waals surface area contributed by atoms with Crippen molar-refractivity contribution in [3.05, 3.63) is 0 Å². The number of alkyl halides is 1. The quantitative estimate of drug-likeness (QED) is 0.417. The molecule has 0 aliphatic rings. The molecule has 0 saturated carbocycles. The molecule has 0 fully saturated rings. The van der Waals surface area contributed by atoms with Gasteiger partial charge in [-0.2, -0.15) is 0 Å². The second kappa shape index (κ2) is 5.39. The molecule has 49 valence electrons. The summed E-state index contributed by atoms with van der Waals surface area (Å²) in [5, 5.41) is 10.2. The maximum absolute atomic E-state index is 10.2. The van der Waals surface area contributed by atoms with E-state index in [9.17, 15) is 5.11 Å². The molecule has 0 saturated heterocycles. The molecule has 0 aromatic carbocycles. The fourth-order valence-electron chi connectivity index (χ4n) is 0.555. The molecule has 0 spiro atoms. The van der Waals surface area contributed by atoms with Gasteiger partial charge in [-0.15, -0.1) is 0 Å². The van der Waals surface area contributed by atoms with Crippen molar-refractivity contribution in [2.24, 2.45) is 0 Å². The van der Waals surface area contributed by atoms with Gasteiger partial charge in [0.25, 0.3) is 0 Å². The molecule has 1 nitrogen and oxygen atoms in total. The van der Waals surface area contributed by atoms with Crippen molar-refractivity contribution < 1.29 is 5.11 Å². The first-order valence-corrected chi connectivity index (χ1v) is 3.51. The highest BCUT2D eigenvalue weighted by molar-refractivity contribution is 6.19. The van der Waals surface area contributed by atoms with Gasteiger partial charge in [0, 0.05) is 0 Å². The van der Waals surface area contributed by atoms with E-state index >= 15 is 0 Å². The molecule has 1 radical (unpaired) electrons. The van der Waals surface area contributed by atoms with Crippen LogP contribution in [0.3, 0.4) is 0 Å². The van der Waals surface area contributed by atoms with E-state index in [1.807, 2.05) is 0 Å². The molecule has 0 aliphatic heterocycles. The van der Waals surface area contributed by atoms with Gasteiger partial charge in [0.1, 0.15) is 0 Å². The second-order valence-electron chi connectivity index (χ2n) is 1.91. The summed E-state index contributed by atoms with van der Waals surface area (Å²) < 4.78 is 0. The number of rotatable bonds is 4. The minimum atomic E-state index is -0.874. The Labute approximate surface area is 55.7 Å². The Kier molecular flexibility index (Phi) is 5.56. The van der Waals surface area contributed by atoms with Gasteiger partial charge in [-0.05, 0) is 12.8 Å². The first kappa shape index (κ1) is 8.25. The Balaban J connectivity index is 2.72. The standard InChI is InChI=1S/C6H12ClO/c1-2-3-4-5-6(7)8/h6H,2-5H2,1H3. The van der Waals surface area contributed by atoms with Crippen LogP contribution in [0.5, 0.6) is 0 Å². The Morgan fingerprint density at radius 2 is 2.12 bits per heavy atom. The van der Waals surface area contributed by atoms with E-state index in [2.05, 4.69) is 6.92 Å². The van der Waals surface area contributed by atoms with Gasteiger partial charge in [-0.3, -0.25) is 0 Å². The van der Waals surface area contributed by atoms with Crippen LogP contribution in [0.15, 0.2) is 0 Å². The summed E-state index contributed by atoms with van der Waals surface area (Å²) in [7, 11) is 0. The van der Waals surface area contributed by atoms with Crippen LogP contribution >= 0.6 is 11.6 Å². The van der Waals surface area contributed by atoms with Crippen LogP contribution in [-0.2, 0) is 5.11 Å². The van der Waals surface area contributed by atoms with Crippen LogP contribution in [0.2, 0.25) is 0 Å². The molecule has 0 aromatic heterocycles. The van der Waals surface area contributed by atoms with Crippen LogP contribution in [0, 0.1) is 0 Å². The molecule has 2 heteroatoms. The summed E-state index contributed by atoms with van der Waals surface area (Å²) in [6.45, 7) is 2.11. The third-order valence-electron chi connectivity index (χ3n) is 1.03. The molecule has 0 rings (SSSR count). The lowest BCUT2D eigenvalue weighted by atomic mass is 10.2. The highest BCUT2D eigenvalue weighted by Crippen LogP contribution is 2.05. The van der Waals surface area contributed by atoms with Crippen LogP contribution in [0.25, 0.3) is 0 Å². The van der Waals surface area contributed by atoms with E-state index in [1.54, 1.807) is 0 Å². The van der Waals surface area contributed by atoms with Crippen molar-refractivity contribution in [2.45, 2.75) is 38.2 Å². The van der Waals surface area contributed by atoms with Crippen LogP contribution < -0.4 is 0 Å². The highest BCUT2D eigenvalue weighted by atomic mass is 35.5. The molecular formula is C6H12ClO. The third-order valence-corrected chi connectivity index (χ3v) is 1.25. The SMILES string of the molecule is CCCCCC([O])Cl. The van der Waals surface area contributed by atoms with Gasteiger partial charge >= 0.3 is 0 Å². The first-order valence-electron chi connectivity index (χ1n) is 3.07. The summed E-state index contributed by atoms with van der Waals surface area (Å²) in [5.74, 6) is 0. The summed E-state index contributed by atoms with van der Waals surface area (Å²) in [6.07, 6.45) is 3.89. The third kappa shape index (κ3) is 6.25. The highest BCUT2D eigenvalue weighted by Gasteiger charge is 1.96. The maximum atomic E-state index is 10.2. The van der Waals surface area contributed by atoms with Crippen molar-refractivity contribution in [3.63, 3.8) is 0 Å². The zero-order valence-electron chi connectivity index (χ0n) is 5.19. The van der Waals surface area contributed by atoms with E-state index in [1.165, 1.54) is 0 Å². The Morgan fingerprint density at radius 3 is 2.50 bits per heavy atom. The molecule has 0 aliphatic carbocycles. The molecule has 1 unspecified atom stereocenters. The van der Waals surface area contributed by atoms with Crippen molar-refractivity contribution in [2.75, 3.05) is 0 Å². The van der Waals surface area contributed by atoms with E-state index in [4.69, 9.17) is 11.6 Å². The minimum absolute atomic E-state index is 0.620. The lowest BCUT2D eigenvalue weighted by molar-refractivity contribution is 0.148. The Morgan fingerprint density at radius 1 is 1.50 bits per heavy atom. The number of halogens is 1. The van der Waals surface area contributed by atoms with Crippen molar-refractivity contribution in [1.29, 1.82) is 0 Å². The van der Waals surface area contributed by atoms with Gasteiger partial charge < -0.3 is 0 Å². The maximum Gasteiger partial charge on any atom is 0.166 e. The predicted molar refractivity (Wildman–Crippen MR) is 34.5 cm³/mol. The van der Waals surface area contributed by atoms with Crippen LogP contribution in [0.4, 0.5) is 0 Å². The van der Waals surface area contributed by atoms with Gasteiger partial charge in [0.2, 0.25) is 0 Å². The van der Waals surface area contributed by atoms with E-state index in [-0.39, 0.29) is 0 Å². The molecule has 1 atom stereocenters. The molecule has 8 heavy (non-hydrogen) atoms. The number of unbranched alkanes of at least 4 members (excludes halogenated alkanes) is 2. The van der Waals surface area contributed by atoms with E-state index in [0.717, 1.165) is 19.3 Å². The van der Waals surface area contributed by atoms with Gasteiger partial charge in [0.05, 0.1) is 0 Å². The summed E-state index contributed by atoms with van der Waals surface area (Å²) in [4.78, 5) is 0. The second-order valence-corrected chi connectivity index (χ2v) is 2.39. The largest absolute Gasteiger partial charge is 0.216 e. The predicted octanol–water partition coefficient (Wildman–Crippen LogP) is 2.56. The van der Waals surface area contributed by atoms with Gasteiger partial charge in [-0.25, -0.2) is 5.11 Å². The van der Waals surface area contributed by atoms with E-state index in [0.29, 0.717) is 6.42 Å². The molecule has 0 N–H and O–H groups in total. The number of hydrogen-bond donors (Lipinski definition) is 0. The number of hydrogen-bond acceptors (Lipinski definition) is 0. The van der Waals surface area contributed by atoms with Crippen molar-refractivity contribution in [3.8, 4) is 0 Å². The van der Waals surface area contributed by atoms with Gasteiger partial charge in [0.15, 0.2) is 5.56 Å². The Hall–Kier alpha value is 0.250. The summed E-state index contributed by atoms with van der Waals surface area (Å²) in [5.41, 5.74) is -0.874. The average molecular weight is 136 g/mol. The normalized spacial score (nSPS) is 13.9. The fraction of sp³-hybridized carbons (Fsp3) is 1.00. The topological polar surface area (TPSA) is 19.9 Å². The monoisotopic (exact) mass is 135 g/mol. The van der Waals surface area contributed by atoms with Crippen molar-refractivity contribution >= 4 is 11.6 Å². The summed E-state index contributed by atoms with van der Waals surface area (Å²) >= 11 is 5.16. The smallest absolute Gasteiger partial charge is 0.166 e. The molecule has 0 amide bonds. The first-order chi connectivity index (χ1) is 3.77. The fourth-order valence-corrected chi connectivity index (χ4v) is 0.709. The van der Waals surface area contributed by atoms with Crippen LogP contribution in [-0.4, -0.2) is 5.56 Å².